The quantitative estimate of drug-likeness (QED) is 0.204. The first-order chi connectivity index (χ1) is 11.7. The van der Waals surface area contributed by atoms with Gasteiger partial charge in [-0.05, 0) is 46.1 Å². The molecule has 1 aromatic carbocycles. The van der Waals surface area contributed by atoms with Crippen LogP contribution in [-0.4, -0.2) is 51.6 Å². The predicted molar refractivity (Wildman–Crippen MR) is 123 cm³/mol. The highest BCUT2D eigenvalue weighted by molar-refractivity contribution is 14.0. The summed E-state index contributed by atoms with van der Waals surface area (Å²) in [6.07, 6.45) is 2.07. The number of thioether (sulfide) groups is 1. The van der Waals surface area contributed by atoms with E-state index in [0.717, 1.165) is 12.1 Å². The average Bonchev–Trinajstić information content (AvgIpc) is 2.57. The van der Waals surface area contributed by atoms with Crippen molar-refractivity contribution in [1.29, 1.82) is 0 Å². The van der Waals surface area contributed by atoms with Crippen molar-refractivity contribution >= 4 is 51.7 Å². The van der Waals surface area contributed by atoms with Gasteiger partial charge in [-0.3, -0.25) is 4.99 Å². The van der Waals surface area contributed by atoms with E-state index in [2.05, 4.69) is 40.5 Å². The van der Waals surface area contributed by atoms with E-state index in [-0.39, 0.29) is 40.2 Å². The highest BCUT2D eigenvalue weighted by Gasteiger charge is 2.15. The van der Waals surface area contributed by atoms with Crippen molar-refractivity contribution < 1.29 is 8.42 Å². The fourth-order valence-electron chi connectivity index (χ4n) is 1.84. The lowest BCUT2D eigenvalue weighted by molar-refractivity contribution is 0.580. The first kappa shape index (κ1) is 25.5. The summed E-state index contributed by atoms with van der Waals surface area (Å²) >= 11 is 1.76. The van der Waals surface area contributed by atoms with Gasteiger partial charge in [-0.25, -0.2) is 13.1 Å². The molecule has 0 bridgehead atoms. The van der Waals surface area contributed by atoms with Crippen LogP contribution in [0.5, 0.6) is 0 Å². The number of rotatable bonds is 9. The molecule has 0 heterocycles. The third-order valence-electron chi connectivity index (χ3n) is 3.56. The highest BCUT2D eigenvalue weighted by Crippen LogP contribution is 2.20. The van der Waals surface area contributed by atoms with Gasteiger partial charge < -0.3 is 10.6 Å². The van der Waals surface area contributed by atoms with Crippen molar-refractivity contribution in [2.24, 2.45) is 4.99 Å². The van der Waals surface area contributed by atoms with Crippen LogP contribution in [0, 0.1) is 6.92 Å². The number of aryl methyl sites for hydroxylation is 1. The fraction of sp³-hybridized carbons (Fsp3) is 0.588. The van der Waals surface area contributed by atoms with Gasteiger partial charge in [0.15, 0.2) is 5.96 Å². The van der Waals surface area contributed by atoms with Crippen LogP contribution in [0.2, 0.25) is 0 Å². The van der Waals surface area contributed by atoms with E-state index in [9.17, 15) is 8.42 Å². The molecule has 9 heteroatoms. The number of sulfonamides is 1. The molecule has 0 spiro atoms. The maximum atomic E-state index is 12.2. The van der Waals surface area contributed by atoms with Gasteiger partial charge in [0, 0.05) is 24.4 Å². The largest absolute Gasteiger partial charge is 0.357 e. The molecule has 0 radical (unpaired) electrons. The molecule has 0 aliphatic rings. The van der Waals surface area contributed by atoms with Crippen LogP contribution in [0.4, 0.5) is 0 Å². The molecule has 26 heavy (non-hydrogen) atoms. The number of aliphatic imine (C=N–C) groups is 1. The minimum atomic E-state index is -3.48. The molecule has 0 saturated carbocycles. The topological polar surface area (TPSA) is 82.6 Å². The van der Waals surface area contributed by atoms with Crippen LogP contribution >= 0.6 is 35.7 Å². The summed E-state index contributed by atoms with van der Waals surface area (Å²) in [5.41, 5.74) is 1.03. The van der Waals surface area contributed by atoms with Crippen LogP contribution in [0.1, 0.15) is 26.3 Å². The Morgan fingerprint density at radius 3 is 2.31 bits per heavy atom. The van der Waals surface area contributed by atoms with Crippen LogP contribution in [-0.2, 0) is 10.0 Å². The van der Waals surface area contributed by atoms with E-state index in [1.54, 1.807) is 36.0 Å². The Balaban J connectivity index is 0.00000625. The van der Waals surface area contributed by atoms with E-state index in [1.807, 2.05) is 13.8 Å². The maximum Gasteiger partial charge on any atom is 0.240 e. The second-order valence-corrected chi connectivity index (χ2v) is 9.58. The molecule has 1 aromatic rings. The second kappa shape index (κ2) is 12.0. The lowest BCUT2D eigenvalue weighted by Gasteiger charge is -2.20. The number of hydrogen-bond acceptors (Lipinski definition) is 4. The van der Waals surface area contributed by atoms with Crippen LogP contribution in [0.15, 0.2) is 34.2 Å². The van der Waals surface area contributed by atoms with E-state index in [0.29, 0.717) is 19.0 Å². The molecule has 0 fully saturated rings. The summed E-state index contributed by atoms with van der Waals surface area (Å²) in [5.74, 6) is 0.694. The van der Waals surface area contributed by atoms with Gasteiger partial charge in [0.2, 0.25) is 10.0 Å². The van der Waals surface area contributed by atoms with Crippen molar-refractivity contribution in [3.63, 3.8) is 0 Å². The van der Waals surface area contributed by atoms with Gasteiger partial charge in [-0.1, -0.05) is 17.7 Å². The number of guanidine groups is 1. The Morgan fingerprint density at radius 2 is 1.77 bits per heavy atom. The monoisotopic (exact) mass is 514 g/mol. The number of hydrogen-bond donors (Lipinski definition) is 3. The molecule has 1 rings (SSSR count). The zero-order valence-electron chi connectivity index (χ0n) is 16.1. The molecule has 0 aromatic heterocycles. The Bertz CT molecular complexity index is 662. The van der Waals surface area contributed by atoms with Crippen LogP contribution in [0.3, 0.4) is 0 Å². The first-order valence-corrected chi connectivity index (χ1v) is 11.0. The number of nitrogens with zero attached hydrogens (tertiary/aromatic N) is 1. The van der Waals surface area contributed by atoms with E-state index in [4.69, 9.17) is 0 Å². The third-order valence-corrected chi connectivity index (χ3v) is 6.27. The standard InChI is InChI=1S/C17H30N4O2S2.HI/c1-6-18-16(20-13-17(3,4)24-5)19-11-12-21-25(22,23)15-9-7-14(2)8-10-15;/h7-10,21H,6,11-13H2,1-5H3,(H2,18,19,20);1H. The molecule has 0 saturated heterocycles. The Hall–Kier alpha value is -0.520. The number of benzene rings is 1. The van der Waals surface area contributed by atoms with Crippen LogP contribution in [0.25, 0.3) is 0 Å². The zero-order chi connectivity index (χ0) is 18.9. The van der Waals surface area contributed by atoms with Crippen molar-refractivity contribution in [3.8, 4) is 0 Å². The molecule has 0 unspecified atom stereocenters. The molecule has 0 atom stereocenters. The maximum absolute atomic E-state index is 12.2. The SMILES string of the molecule is CCNC(=NCC(C)(C)SC)NCCNS(=O)(=O)c1ccc(C)cc1.I. The minimum Gasteiger partial charge on any atom is -0.357 e. The average molecular weight is 514 g/mol. The summed E-state index contributed by atoms with van der Waals surface area (Å²) in [5, 5.41) is 6.32. The minimum absolute atomic E-state index is 0. The normalized spacial score (nSPS) is 12.4. The summed E-state index contributed by atoms with van der Waals surface area (Å²) in [7, 11) is -3.48. The lowest BCUT2D eigenvalue weighted by atomic mass is 10.2. The molecular weight excluding hydrogens is 483 g/mol. The summed E-state index contributed by atoms with van der Waals surface area (Å²) < 4.78 is 27.1. The fourth-order valence-corrected chi connectivity index (χ4v) is 3.07. The van der Waals surface area contributed by atoms with Gasteiger partial charge in [-0.2, -0.15) is 11.8 Å². The molecule has 150 valence electrons. The molecule has 0 amide bonds. The van der Waals surface area contributed by atoms with Crippen molar-refractivity contribution in [2.75, 3.05) is 32.4 Å². The second-order valence-electron chi connectivity index (χ2n) is 6.30. The Labute approximate surface area is 179 Å². The van der Waals surface area contributed by atoms with Crippen molar-refractivity contribution in [1.82, 2.24) is 15.4 Å². The van der Waals surface area contributed by atoms with Gasteiger partial charge >= 0.3 is 0 Å². The predicted octanol–water partition coefficient (Wildman–Crippen LogP) is 2.59. The molecule has 3 N–H and O–H groups in total. The number of halogens is 1. The summed E-state index contributed by atoms with van der Waals surface area (Å²) in [6.45, 7) is 10.4. The van der Waals surface area contributed by atoms with Crippen molar-refractivity contribution in [2.45, 2.75) is 37.3 Å². The number of nitrogens with one attached hydrogen (secondary N) is 3. The smallest absolute Gasteiger partial charge is 0.240 e. The summed E-state index contributed by atoms with van der Waals surface area (Å²) in [6, 6.07) is 6.80. The van der Waals surface area contributed by atoms with Crippen molar-refractivity contribution in [3.05, 3.63) is 29.8 Å². The van der Waals surface area contributed by atoms with Gasteiger partial charge in [0.25, 0.3) is 0 Å². The molecule has 6 nitrogen and oxygen atoms in total. The molecular formula is C17H31IN4O2S2. The van der Waals surface area contributed by atoms with E-state index < -0.39 is 10.0 Å². The molecule has 0 aliphatic carbocycles. The van der Waals surface area contributed by atoms with Crippen LogP contribution < -0.4 is 15.4 Å². The van der Waals surface area contributed by atoms with Gasteiger partial charge in [-0.15, -0.1) is 24.0 Å². The van der Waals surface area contributed by atoms with Gasteiger partial charge in [0.1, 0.15) is 0 Å². The Morgan fingerprint density at radius 1 is 1.15 bits per heavy atom. The van der Waals surface area contributed by atoms with E-state index in [1.165, 1.54) is 0 Å². The zero-order valence-corrected chi connectivity index (χ0v) is 20.1. The highest BCUT2D eigenvalue weighted by atomic mass is 127. The molecule has 0 aliphatic heterocycles. The first-order valence-electron chi connectivity index (χ1n) is 8.34. The lowest BCUT2D eigenvalue weighted by Crippen LogP contribution is -2.42. The third kappa shape index (κ3) is 9.43. The Kier molecular flexibility index (Phi) is 11.8. The summed E-state index contributed by atoms with van der Waals surface area (Å²) in [4.78, 5) is 4.83. The van der Waals surface area contributed by atoms with E-state index >= 15 is 0 Å². The van der Waals surface area contributed by atoms with Gasteiger partial charge in [0.05, 0.1) is 11.4 Å².